The summed E-state index contributed by atoms with van der Waals surface area (Å²) in [6, 6.07) is 16.9. The molecule has 0 radical (unpaired) electrons. The summed E-state index contributed by atoms with van der Waals surface area (Å²) in [6.07, 6.45) is 2.99. The molecule has 0 aliphatic carbocycles. The summed E-state index contributed by atoms with van der Waals surface area (Å²) in [5.41, 5.74) is 10.3. The zero-order chi connectivity index (χ0) is 13.0. The molecular formula is C16H19NS. The molecule has 0 amide bonds. The van der Waals surface area contributed by atoms with Crippen molar-refractivity contribution in [1.82, 2.24) is 0 Å². The van der Waals surface area contributed by atoms with Gasteiger partial charge in [0.05, 0.1) is 0 Å². The zero-order valence-electron chi connectivity index (χ0n) is 10.9. The van der Waals surface area contributed by atoms with E-state index in [0.717, 1.165) is 6.42 Å². The van der Waals surface area contributed by atoms with Gasteiger partial charge in [0.15, 0.2) is 0 Å². The first-order valence-electron chi connectivity index (χ1n) is 6.15. The van der Waals surface area contributed by atoms with Gasteiger partial charge in [0, 0.05) is 10.9 Å². The molecule has 2 N–H and O–H groups in total. The Balaban J connectivity index is 2.22. The normalized spacial score (nSPS) is 12.4. The molecule has 2 aromatic carbocycles. The number of hydrogen-bond acceptors (Lipinski definition) is 2. The van der Waals surface area contributed by atoms with Gasteiger partial charge >= 0.3 is 0 Å². The van der Waals surface area contributed by atoms with Gasteiger partial charge in [-0.15, -0.1) is 11.8 Å². The molecule has 2 heteroatoms. The largest absolute Gasteiger partial charge is 0.324 e. The minimum absolute atomic E-state index is 0.0646. The van der Waals surface area contributed by atoms with E-state index in [0.29, 0.717) is 0 Å². The van der Waals surface area contributed by atoms with Crippen molar-refractivity contribution in [3.8, 4) is 0 Å². The molecule has 1 unspecified atom stereocenters. The third-order valence-corrected chi connectivity index (χ3v) is 4.05. The molecule has 0 aromatic heterocycles. The van der Waals surface area contributed by atoms with Crippen molar-refractivity contribution in [2.75, 3.05) is 6.26 Å². The highest BCUT2D eigenvalue weighted by molar-refractivity contribution is 7.98. The Kier molecular flexibility index (Phi) is 4.45. The molecule has 18 heavy (non-hydrogen) atoms. The summed E-state index contributed by atoms with van der Waals surface area (Å²) >= 11 is 1.76. The average molecular weight is 257 g/mol. The maximum Gasteiger partial charge on any atom is 0.0347 e. The number of rotatable bonds is 4. The lowest BCUT2D eigenvalue weighted by Crippen LogP contribution is -2.14. The Morgan fingerprint density at radius 3 is 2.44 bits per heavy atom. The van der Waals surface area contributed by atoms with E-state index in [4.69, 9.17) is 5.73 Å². The Morgan fingerprint density at radius 1 is 1.06 bits per heavy atom. The first-order valence-corrected chi connectivity index (χ1v) is 7.38. The molecule has 94 valence electrons. The molecule has 0 saturated heterocycles. The molecule has 1 nitrogen and oxygen atoms in total. The fourth-order valence-corrected chi connectivity index (χ4v) is 2.83. The van der Waals surface area contributed by atoms with E-state index in [1.54, 1.807) is 11.8 Å². The molecule has 0 bridgehead atoms. The molecule has 0 fully saturated rings. The van der Waals surface area contributed by atoms with Crippen molar-refractivity contribution in [3.05, 3.63) is 65.2 Å². The van der Waals surface area contributed by atoms with Gasteiger partial charge in [-0.1, -0.05) is 42.5 Å². The summed E-state index contributed by atoms with van der Waals surface area (Å²) < 4.78 is 0. The lowest BCUT2D eigenvalue weighted by molar-refractivity contribution is 0.705. The third-order valence-electron chi connectivity index (χ3n) is 3.24. The molecule has 0 aliphatic heterocycles. The van der Waals surface area contributed by atoms with Gasteiger partial charge in [-0.2, -0.15) is 0 Å². The van der Waals surface area contributed by atoms with Gasteiger partial charge in [0.2, 0.25) is 0 Å². The first kappa shape index (κ1) is 13.2. The van der Waals surface area contributed by atoms with E-state index in [1.165, 1.54) is 21.6 Å². The molecule has 0 spiro atoms. The van der Waals surface area contributed by atoms with Gasteiger partial charge in [-0.05, 0) is 42.4 Å². The number of thioether (sulfide) groups is 1. The van der Waals surface area contributed by atoms with Gasteiger partial charge in [0.25, 0.3) is 0 Å². The van der Waals surface area contributed by atoms with Crippen LogP contribution < -0.4 is 5.73 Å². The molecule has 2 aromatic rings. The van der Waals surface area contributed by atoms with Crippen LogP contribution in [0.2, 0.25) is 0 Å². The quantitative estimate of drug-likeness (QED) is 0.839. The van der Waals surface area contributed by atoms with Crippen molar-refractivity contribution in [1.29, 1.82) is 0 Å². The lowest BCUT2D eigenvalue weighted by atomic mass is 9.97. The lowest BCUT2D eigenvalue weighted by Gasteiger charge is -2.16. The highest BCUT2D eigenvalue weighted by atomic mass is 32.2. The molecule has 0 heterocycles. The molecule has 0 aliphatic rings. The Hall–Kier alpha value is -1.25. The van der Waals surface area contributed by atoms with Gasteiger partial charge in [-0.3, -0.25) is 0 Å². The Labute approximate surface area is 113 Å². The molecule has 1 atom stereocenters. The van der Waals surface area contributed by atoms with Gasteiger partial charge in [-0.25, -0.2) is 0 Å². The van der Waals surface area contributed by atoms with Crippen LogP contribution in [0.15, 0.2) is 53.4 Å². The summed E-state index contributed by atoms with van der Waals surface area (Å²) in [6.45, 7) is 2.14. The molecule has 2 rings (SSSR count). The summed E-state index contributed by atoms with van der Waals surface area (Å²) in [5, 5.41) is 0. The average Bonchev–Trinajstić information content (AvgIpc) is 2.41. The second-order valence-corrected chi connectivity index (χ2v) is 5.33. The number of nitrogens with two attached hydrogens (primary N) is 1. The fraction of sp³-hybridized carbons (Fsp3) is 0.250. The summed E-state index contributed by atoms with van der Waals surface area (Å²) in [7, 11) is 0. The maximum absolute atomic E-state index is 6.36. The van der Waals surface area contributed by atoms with Gasteiger partial charge < -0.3 is 5.73 Å². The highest BCUT2D eigenvalue weighted by Crippen LogP contribution is 2.27. The second kappa shape index (κ2) is 6.07. The number of benzene rings is 2. The third kappa shape index (κ3) is 2.95. The van der Waals surface area contributed by atoms with Crippen molar-refractivity contribution in [2.45, 2.75) is 24.3 Å². The van der Waals surface area contributed by atoms with Crippen molar-refractivity contribution in [3.63, 3.8) is 0 Å². The number of hydrogen-bond donors (Lipinski definition) is 1. The second-order valence-electron chi connectivity index (χ2n) is 4.48. The predicted octanol–water partition coefficient (Wildman–Crippen LogP) is 3.96. The zero-order valence-corrected chi connectivity index (χ0v) is 11.7. The van der Waals surface area contributed by atoms with Crippen LogP contribution in [0.3, 0.4) is 0 Å². The molecule has 0 saturated carbocycles. The SMILES string of the molecule is CSc1ccccc1C(N)Cc1ccccc1C. The number of aryl methyl sites for hydroxylation is 1. The van der Waals surface area contributed by atoms with Crippen LogP contribution in [-0.2, 0) is 6.42 Å². The first-order chi connectivity index (χ1) is 8.72. The van der Waals surface area contributed by atoms with Crippen molar-refractivity contribution in [2.24, 2.45) is 5.73 Å². The van der Waals surface area contributed by atoms with Crippen LogP contribution >= 0.6 is 11.8 Å². The standard InChI is InChI=1S/C16H19NS/c1-12-7-3-4-8-13(12)11-15(17)14-9-5-6-10-16(14)18-2/h3-10,15H,11,17H2,1-2H3. The predicted molar refractivity (Wildman–Crippen MR) is 80.0 cm³/mol. The highest BCUT2D eigenvalue weighted by Gasteiger charge is 2.11. The van der Waals surface area contributed by atoms with E-state index >= 15 is 0 Å². The summed E-state index contributed by atoms with van der Waals surface area (Å²) in [4.78, 5) is 1.28. The fourth-order valence-electron chi connectivity index (χ4n) is 2.16. The Morgan fingerprint density at radius 2 is 1.72 bits per heavy atom. The van der Waals surface area contributed by atoms with Crippen LogP contribution in [0.5, 0.6) is 0 Å². The Bertz CT molecular complexity index is 522. The minimum Gasteiger partial charge on any atom is -0.324 e. The van der Waals surface area contributed by atoms with Crippen LogP contribution in [0, 0.1) is 6.92 Å². The van der Waals surface area contributed by atoms with Crippen LogP contribution in [0.1, 0.15) is 22.7 Å². The van der Waals surface area contributed by atoms with Gasteiger partial charge in [0.1, 0.15) is 0 Å². The monoisotopic (exact) mass is 257 g/mol. The topological polar surface area (TPSA) is 26.0 Å². The van der Waals surface area contributed by atoms with E-state index in [-0.39, 0.29) is 6.04 Å². The van der Waals surface area contributed by atoms with Crippen LogP contribution in [-0.4, -0.2) is 6.26 Å². The maximum atomic E-state index is 6.36. The van der Waals surface area contributed by atoms with Crippen molar-refractivity contribution >= 4 is 11.8 Å². The molecular weight excluding hydrogens is 238 g/mol. The minimum atomic E-state index is 0.0646. The smallest absolute Gasteiger partial charge is 0.0347 e. The van der Waals surface area contributed by atoms with E-state index in [1.807, 2.05) is 0 Å². The van der Waals surface area contributed by atoms with E-state index < -0.39 is 0 Å². The summed E-state index contributed by atoms with van der Waals surface area (Å²) in [5.74, 6) is 0. The van der Waals surface area contributed by atoms with E-state index in [9.17, 15) is 0 Å². The van der Waals surface area contributed by atoms with Crippen molar-refractivity contribution < 1.29 is 0 Å². The van der Waals surface area contributed by atoms with Crippen LogP contribution in [0.4, 0.5) is 0 Å². The van der Waals surface area contributed by atoms with Crippen LogP contribution in [0.25, 0.3) is 0 Å². The van der Waals surface area contributed by atoms with E-state index in [2.05, 4.69) is 61.7 Å².